The average Bonchev–Trinajstić information content (AvgIpc) is 2.36. The van der Waals surface area contributed by atoms with Crippen molar-refractivity contribution in [3.63, 3.8) is 0 Å². The molecule has 0 amide bonds. The molecule has 7 heteroatoms. The molecule has 1 N–H and O–H groups in total. The summed E-state index contributed by atoms with van der Waals surface area (Å²) in [6.45, 7) is 7.08. The van der Waals surface area contributed by atoms with Crippen LogP contribution in [0.5, 0.6) is 0 Å². The summed E-state index contributed by atoms with van der Waals surface area (Å²) in [6.07, 6.45) is 0.590. The smallest absolute Gasteiger partial charge is 0.326 e. The standard InChI is InChI=1S/C13H26N2O4S/c1-5-19-12(16)13(3,14-4)6-7-15-8-9-20(17,18)10-11(15)2/h11,14H,5-10H2,1-4H3. The highest BCUT2D eigenvalue weighted by Crippen LogP contribution is 2.17. The molecule has 0 radical (unpaired) electrons. The molecule has 0 bridgehead atoms. The molecule has 0 aromatic heterocycles. The van der Waals surface area contributed by atoms with Crippen molar-refractivity contribution in [1.29, 1.82) is 0 Å². The highest BCUT2D eigenvalue weighted by molar-refractivity contribution is 7.91. The SMILES string of the molecule is CCOC(=O)C(C)(CCN1CCS(=O)(=O)CC1C)NC. The van der Waals surface area contributed by atoms with Gasteiger partial charge in [0.05, 0.1) is 18.1 Å². The van der Waals surface area contributed by atoms with E-state index in [1.807, 2.05) is 13.8 Å². The fraction of sp³-hybridized carbons (Fsp3) is 0.923. The molecule has 6 nitrogen and oxygen atoms in total. The highest BCUT2D eigenvalue weighted by atomic mass is 32.2. The van der Waals surface area contributed by atoms with Gasteiger partial charge < -0.3 is 10.1 Å². The van der Waals surface area contributed by atoms with Crippen LogP contribution in [-0.4, -0.2) is 69.1 Å². The lowest BCUT2D eigenvalue weighted by Gasteiger charge is -2.36. The van der Waals surface area contributed by atoms with Crippen LogP contribution in [0.1, 0.15) is 27.2 Å². The molecule has 0 aliphatic carbocycles. The second-order valence-electron chi connectivity index (χ2n) is 5.55. The van der Waals surface area contributed by atoms with Gasteiger partial charge in [-0.2, -0.15) is 0 Å². The molecule has 0 spiro atoms. The van der Waals surface area contributed by atoms with E-state index in [1.54, 1.807) is 14.0 Å². The van der Waals surface area contributed by atoms with Gasteiger partial charge in [0.15, 0.2) is 9.84 Å². The van der Waals surface area contributed by atoms with E-state index >= 15 is 0 Å². The second-order valence-corrected chi connectivity index (χ2v) is 7.78. The lowest BCUT2D eigenvalue weighted by Crippen LogP contribution is -2.53. The van der Waals surface area contributed by atoms with E-state index < -0.39 is 15.4 Å². The van der Waals surface area contributed by atoms with Crippen LogP contribution in [-0.2, 0) is 19.4 Å². The molecule has 118 valence electrons. The molecule has 1 heterocycles. The van der Waals surface area contributed by atoms with Crippen LogP contribution in [0.3, 0.4) is 0 Å². The first kappa shape index (κ1) is 17.4. The van der Waals surface area contributed by atoms with Crippen molar-refractivity contribution in [2.45, 2.75) is 38.8 Å². The van der Waals surface area contributed by atoms with Crippen LogP contribution < -0.4 is 5.32 Å². The summed E-state index contributed by atoms with van der Waals surface area (Å²) < 4.78 is 28.2. The van der Waals surface area contributed by atoms with E-state index in [9.17, 15) is 13.2 Å². The second kappa shape index (κ2) is 6.87. The summed E-state index contributed by atoms with van der Waals surface area (Å²) >= 11 is 0. The van der Waals surface area contributed by atoms with Gasteiger partial charge in [-0.05, 0) is 34.2 Å². The topological polar surface area (TPSA) is 75.7 Å². The van der Waals surface area contributed by atoms with Gasteiger partial charge in [0.1, 0.15) is 5.54 Å². The molecule has 2 unspecified atom stereocenters. The van der Waals surface area contributed by atoms with Gasteiger partial charge in [0.2, 0.25) is 0 Å². The average molecular weight is 306 g/mol. The van der Waals surface area contributed by atoms with Gasteiger partial charge >= 0.3 is 5.97 Å². The molecule has 1 saturated heterocycles. The number of nitrogens with zero attached hydrogens (tertiary/aromatic N) is 1. The Kier molecular flexibility index (Phi) is 5.97. The first-order chi connectivity index (χ1) is 9.24. The third-order valence-corrected chi connectivity index (χ3v) is 5.78. The summed E-state index contributed by atoms with van der Waals surface area (Å²) in [5.41, 5.74) is -0.730. The molecule has 0 saturated carbocycles. The first-order valence-electron chi connectivity index (χ1n) is 7.04. The number of esters is 1. The van der Waals surface area contributed by atoms with E-state index in [0.717, 1.165) is 0 Å². The number of carbonyl (C=O) groups excluding carboxylic acids is 1. The monoisotopic (exact) mass is 306 g/mol. The van der Waals surface area contributed by atoms with E-state index in [4.69, 9.17) is 4.74 Å². The maximum absolute atomic E-state index is 12.0. The minimum absolute atomic E-state index is 0.00273. The van der Waals surface area contributed by atoms with Gasteiger partial charge in [0, 0.05) is 19.1 Å². The molecular weight excluding hydrogens is 280 g/mol. The Morgan fingerprint density at radius 2 is 2.15 bits per heavy atom. The minimum atomic E-state index is -2.90. The Labute approximate surface area is 121 Å². The van der Waals surface area contributed by atoms with E-state index in [0.29, 0.717) is 26.1 Å². The minimum Gasteiger partial charge on any atom is -0.465 e. The molecule has 1 rings (SSSR count). The first-order valence-corrected chi connectivity index (χ1v) is 8.87. The largest absolute Gasteiger partial charge is 0.465 e. The number of nitrogens with one attached hydrogen (secondary N) is 1. The van der Waals surface area contributed by atoms with Crippen LogP contribution in [0.2, 0.25) is 0 Å². The van der Waals surface area contributed by atoms with Crippen LogP contribution in [0.4, 0.5) is 0 Å². The van der Waals surface area contributed by atoms with Gasteiger partial charge in [-0.25, -0.2) is 8.42 Å². The normalized spacial score (nSPS) is 25.9. The Bertz CT molecular complexity index is 438. The number of hydrogen-bond donors (Lipinski definition) is 1. The quantitative estimate of drug-likeness (QED) is 0.698. The third kappa shape index (κ3) is 4.43. The Balaban J connectivity index is 2.59. The predicted octanol–water partition coefficient (Wildman–Crippen LogP) is 0.0366. The number of carbonyl (C=O) groups is 1. The molecule has 2 atom stereocenters. The molecule has 1 aliphatic rings. The lowest BCUT2D eigenvalue weighted by atomic mass is 9.97. The fourth-order valence-electron chi connectivity index (χ4n) is 2.35. The molecule has 0 aromatic rings. The Morgan fingerprint density at radius 1 is 1.50 bits per heavy atom. The van der Waals surface area contributed by atoms with E-state index in [-0.39, 0.29) is 23.5 Å². The highest BCUT2D eigenvalue weighted by Gasteiger charge is 2.35. The summed E-state index contributed by atoms with van der Waals surface area (Å²) in [4.78, 5) is 14.1. The van der Waals surface area contributed by atoms with Crippen LogP contribution in [0.25, 0.3) is 0 Å². The van der Waals surface area contributed by atoms with Gasteiger partial charge in [-0.15, -0.1) is 0 Å². The van der Waals surface area contributed by atoms with Crippen LogP contribution in [0.15, 0.2) is 0 Å². The molecule has 0 aromatic carbocycles. The summed E-state index contributed by atoms with van der Waals surface area (Å²) in [5, 5.41) is 3.01. The Morgan fingerprint density at radius 3 is 2.65 bits per heavy atom. The zero-order chi connectivity index (χ0) is 15.4. The van der Waals surface area contributed by atoms with Crippen molar-refractivity contribution < 1.29 is 17.9 Å². The van der Waals surface area contributed by atoms with Crippen molar-refractivity contribution in [2.75, 3.05) is 38.2 Å². The maximum atomic E-state index is 12.0. The Hall–Kier alpha value is -0.660. The van der Waals surface area contributed by atoms with Crippen molar-refractivity contribution in [2.24, 2.45) is 0 Å². The van der Waals surface area contributed by atoms with Crippen molar-refractivity contribution in [3.05, 3.63) is 0 Å². The van der Waals surface area contributed by atoms with E-state index in [2.05, 4.69) is 10.2 Å². The fourth-order valence-corrected chi connectivity index (χ4v) is 3.98. The molecule has 20 heavy (non-hydrogen) atoms. The zero-order valence-electron chi connectivity index (χ0n) is 12.8. The number of sulfone groups is 1. The number of hydrogen-bond acceptors (Lipinski definition) is 6. The van der Waals surface area contributed by atoms with Gasteiger partial charge in [-0.1, -0.05) is 0 Å². The van der Waals surface area contributed by atoms with Gasteiger partial charge in [0.25, 0.3) is 0 Å². The third-order valence-electron chi connectivity index (χ3n) is 3.98. The van der Waals surface area contributed by atoms with Crippen molar-refractivity contribution in [1.82, 2.24) is 10.2 Å². The van der Waals surface area contributed by atoms with Crippen LogP contribution in [0, 0.1) is 0 Å². The molecule has 1 aliphatic heterocycles. The van der Waals surface area contributed by atoms with Crippen molar-refractivity contribution >= 4 is 15.8 Å². The van der Waals surface area contributed by atoms with Crippen molar-refractivity contribution in [3.8, 4) is 0 Å². The molecular formula is C13H26N2O4S. The molecule has 1 fully saturated rings. The lowest BCUT2D eigenvalue weighted by molar-refractivity contribution is -0.150. The van der Waals surface area contributed by atoms with Crippen LogP contribution >= 0.6 is 0 Å². The van der Waals surface area contributed by atoms with Gasteiger partial charge in [-0.3, -0.25) is 9.69 Å². The number of rotatable bonds is 6. The number of likely N-dealkylation sites (N-methyl/N-ethyl adjacent to an activating group) is 1. The van der Waals surface area contributed by atoms with E-state index in [1.165, 1.54) is 0 Å². The maximum Gasteiger partial charge on any atom is 0.326 e. The predicted molar refractivity (Wildman–Crippen MR) is 78.4 cm³/mol. The number of ether oxygens (including phenoxy) is 1. The zero-order valence-corrected chi connectivity index (χ0v) is 13.6. The summed E-state index contributed by atoms with van der Waals surface area (Å²) in [5.74, 6) is 0.134. The summed E-state index contributed by atoms with van der Waals surface area (Å²) in [7, 11) is -1.16. The summed E-state index contributed by atoms with van der Waals surface area (Å²) in [6, 6.07) is -0.00273.